The molecule has 1 unspecified atom stereocenters. The number of ether oxygens (including phenoxy) is 2. The Balaban J connectivity index is 1.90. The van der Waals surface area contributed by atoms with Gasteiger partial charge < -0.3 is 9.47 Å². The van der Waals surface area contributed by atoms with Crippen LogP contribution in [0.5, 0.6) is 0 Å². The quantitative estimate of drug-likeness (QED) is 0.470. The van der Waals surface area contributed by atoms with Crippen LogP contribution in [-0.2, 0) is 15.9 Å². The third-order valence-corrected chi connectivity index (χ3v) is 2.81. The van der Waals surface area contributed by atoms with Crippen LogP contribution >= 0.6 is 0 Å². The lowest BCUT2D eigenvalue weighted by atomic mass is 10.1. The molecule has 3 heteroatoms. The van der Waals surface area contributed by atoms with E-state index >= 15 is 0 Å². The van der Waals surface area contributed by atoms with Crippen LogP contribution in [0.3, 0.4) is 0 Å². The Morgan fingerprint density at radius 2 is 1.94 bits per heavy atom. The van der Waals surface area contributed by atoms with Gasteiger partial charge in [0.2, 0.25) is 0 Å². The molecule has 0 aliphatic heterocycles. The Morgan fingerprint density at radius 3 is 2.67 bits per heavy atom. The molecule has 0 saturated heterocycles. The van der Waals surface area contributed by atoms with E-state index in [1.54, 1.807) is 0 Å². The first-order chi connectivity index (χ1) is 8.83. The van der Waals surface area contributed by atoms with Crippen LogP contribution in [-0.4, -0.2) is 24.5 Å². The number of hydrogen-bond donors (Lipinski definition) is 0. The summed E-state index contributed by atoms with van der Waals surface area (Å²) in [6, 6.07) is 6.10. The summed E-state index contributed by atoms with van der Waals surface area (Å²) in [5.74, 6) is 0. The van der Waals surface area contributed by atoms with Crippen molar-refractivity contribution in [3.8, 4) is 0 Å². The van der Waals surface area contributed by atoms with Crippen LogP contribution in [0.15, 0.2) is 24.4 Å². The van der Waals surface area contributed by atoms with Gasteiger partial charge in [0.25, 0.3) is 0 Å². The topological polar surface area (TPSA) is 31.4 Å². The third-order valence-electron chi connectivity index (χ3n) is 2.81. The standard InChI is InChI=1S/C15H25NO2/c1-3-17-14(2)18-13-9-5-4-6-10-15-11-7-8-12-16-15/h7-8,11-12,14H,3-6,9-10,13H2,1-2H3. The van der Waals surface area contributed by atoms with Crippen LogP contribution < -0.4 is 0 Å². The first kappa shape index (κ1) is 15.1. The van der Waals surface area contributed by atoms with Crippen LogP contribution in [0, 0.1) is 0 Å². The molecule has 3 nitrogen and oxygen atoms in total. The monoisotopic (exact) mass is 251 g/mol. The summed E-state index contributed by atoms with van der Waals surface area (Å²) in [5.41, 5.74) is 1.19. The highest BCUT2D eigenvalue weighted by atomic mass is 16.7. The predicted octanol–water partition coefficient (Wildman–Crippen LogP) is 3.58. The lowest BCUT2D eigenvalue weighted by molar-refractivity contribution is -0.127. The molecule has 0 spiro atoms. The van der Waals surface area contributed by atoms with Gasteiger partial charge in [-0.15, -0.1) is 0 Å². The van der Waals surface area contributed by atoms with E-state index in [0.29, 0.717) is 6.61 Å². The molecule has 1 aromatic rings. The van der Waals surface area contributed by atoms with Crippen molar-refractivity contribution >= 4 is 0 Å². The predicted molar refractivity (Wildman–Crippen MR) is 73.4 cm³/mol. The molecule has 0 aliphatic rings. The maximum atomic E-state index is 5.51. The molecule has 0 bridgehead atoms. The van der Waals surface area contributed by atoms with E-state index < -0.39 is 0 Å². The number of aromatic nitrogens is 1. The maximum Gasteiger partial charge on any atom is 0.154 e. The smallest absolute Gasteiger partial charge is 0.154 e. The Morgan fingerprint density at radius 1 is 1.11 bits per heavy atom. The number of nitrogens with zero attached hydrogens (tertiary/aromatic N) is 1. The molecule has 1 rings (SSSR count). The van der Waals surface area contributed by atoms with E-state index in [1.807, 2.05) is 32.2 Å². The summed E-state index contributed by atoms with van der Waals surface area (Å²) in [5, 5.41) is 0. The molecule has 0 aliphatic carbocycles. The minimum Gasteiger partial charge on any atom is -0.353 e. The van der Waals surface area contributed by atoms with Gasteiger partial charge in [-0.2, -0.15) is 0 Å². The Labute approximate surface area is 111 Å². The minimum absolute atomic E-state index is 0.0662. The van der Waals surface area contributed by atoms with Crippen molar-refractivity contribution in [1.82, 2.24) is 4.98 Å². The normalized spacial score (nSPS) is 12.6. The van der Waals surface area contributed by atoms with E-state index in [0.717, 1.165) is 19.4 Å². The average molecular weight is 251 g/mol. The van der Waals surface area contributed by atoms with Gasteiger partial charge >= 0.3 is 0 Å². The zero-order chi connectivity index (χ0) is 13.1. The van der Waals surface area contributed by atoms with E-state index in [2.05, 4.69) is 11.1 Å². The second-order valence-electron chi connectivity index (χ2n) is 4.38. The van der Waals surface area contributed by atoms with Crippen LogP contribution in [0.4, 0.5) is 0 Å². The van der Waals surface area contributed by atoms with Crippen molar-refractivity contribution in [1.29, 1.82) is 0 Å². The molecule has 1 aromatic heterocycles. The van der Waals surface area contributed by atoms with Crippen molar-refractivity contribution in [3.05, 3.63) is 30.1 Å². The molecule has 18 heavy (non-hydrogen) atoms. The van der Waals surface area contributed by atoms with Crippen LogP contribution in [0.2, 0.25) is 0 Å². The number of aryl methyl sites for hydroxylation is 1. The molecule has 1 heterocycles. The van der Waals surface area contributed by atoms with Crippen LogP contribution in [0.25, 0.3) is 0 Å². The fraction of sp³-hybridized carbons (Fsp3) is 0.667. The Hall–Kier alpha value is -0.930. The highest BCUT2D eigenvalue weighted by molar-refractivity contribution is 5.03. The second kappa shape index (κ2) is 10.0. The van der Waals surface area contributed by atoms with Gasteiger partial charge in [-0.3, -0.25) is 4.98 Å². The summed E-state index contributed by atoms with van der Waals surface area (Å²) in [7, 11) is 0. The molecular formula is C15H25NO2. The second-order valence-corrected chi connectivity index (χ2v) is 4.38. The maximum absolute atomic E-state index is 5.51. The number of unbranched alkanes of at least 4 members (excludes halogenated alkanes) is 3. The van der Waals surface area contributed by atoms with E-state index in [4.69, 9.17) is 9.47 Å². The van der Waals surface area contributed by atoms with E-state index in [-0.39, 0.29) is 6.29 Å². The van der Waals surface area contributed by atoms with Gasteiger partial charge in [-0.25, -0.2) is 0 Å². The number of hydrogen-bond acceptors (Lipinski definition) is 3. The van der Waals surface area contributed by atoms with Crippen molar-refractivity contribution in [2.45, 2.75) is 52.2 Å². The first-order valence-corrected chi connectivity index (χ1v) is 6.96. The van der Waals surface area contributed by atoms with Gasteiger partial charge in [-0.05, 0) is 45.2 Å². The lowest BCUT2D eigenvalue weighted by Gasteiger charge is -2.12. The van der Waals surface area contributed by atoms with Gasteiger partial charge in [-0.1, -0.05) is 18.9 Å². The minimum atomic E-state index is -0.0662. The highest BCUT2D eigenvalue weighted by Crippen LogP contribution is 2.06. The molecule has 0 radical (unpaired) electrons. The van der Waals surface area contributed by atoms with E-state index in [1.165, 1.54) is 25.0 Å². The molecular weight excluding hydrogens is 226 g/mol. The number of pyridine rings is 1. The number of rotatable bonds is 10. The van der Waals surface area contributed by atoms with Gasteiger partial charge in [0.1, 0.15) is 0 Å². The van der Waals surface area contributed by atoms with Gasteiger partial charge in [0.05, 0.1) is 0 Å². The van der Waals surface area contributed by atoms with Crippen molar-refractivity contribution in [2.24, 2.45) is 0 Å². The molecule has 0 amide bonds. The van der Waals surface area contributed by atoms with Crippen molar-refractivity contribution in [3.63, 3.8) is 0 Å². The van der Waals surface area contributed by atoms with E-state index in [9.17, 15) is 0 Å². The van der Waals surface area contributed by atoms with Crippen LogP contribution in [0.1, 0.15) is 45.2 Å². The van der Waals surface area contributed by atoms with Gasteiger partial charge in [0.15, 0.2) is 6.29 Å². The SMILES string of the molecule is CCOC(C)OCCCCCCc1ccccn1. The lowest BCUT2D eigenvalue weighted by Crippen LogP contribution is -2.13. The zero-order valence-corrected chi connectivity index (χ0v) is 11.6. The molecule has 102 valence electrons. The Kier molecular flexibility index (Phi) is 8.43. The highest BCUT2D eigenvalue weighted by Gasteiger charge is 1.99. The summed E-state index contributed by atoms with van der Waals surface area (Å²) >= 11 is 0. The Bertz CT molecular complexity index is 290. The third kappa shape index (κ3) is 7.41. The summed E-state index contributed by atoms with van der Waals surface area (Å²) in [6.45, 7) is 5.44. The van der Waals surface area contributed by atoms with Crippen molar-refractivity contribution in [2.75, 3.05) is 13.2 Å². The molecule has 0 fully saturated rings. The molecule has 0 N–H and O–H groups in total. The molecule has 0 saturated carbocycles. The zero-order valence-electron chi connectivity index (χ0n) is 11.6. The summed E-state index contributed by atoms with van der Waals surface area (Å²) < 4.78 is 10.8. The molecule has 1 atom stereocenters. The average Bonchev–Trinajstić information content (AvgIpc) is 2.39. The fourth-order valence-corrected chi connectivity index (χ4v) is 1.84. The van der Waals surface area contributed by atoms with Crippen molar-refractivity contribution < 1.29 is 9.47 Å². The fourth-order valence-electron chi connectivity index (χ4n) is 1.84. The summed E-state index contributed by atoms with van der Waals surface area (Å²) in [6.07, 6.45) is 7.64. The first-order valence-electron chi connectivity index (χ1n) is 6.96. The summed E-state index contributed by atoms with van der Waals surface area (Å²) in [4.78, 5) is 4.32. The largest absolute Gasteiger partial charge is 0.353 e. The molecule has 0 aromatic carbocycles. The van der Waals surface area contributed by atoms with Gasteiger partial charge in [0, 0.05) is 25.1 Å².